The molecule has 2 aromatic rings. The highest BCUT2D eigenvalue weighted by atomic mass is 16.5. The Hall–Kier alpha value is -3.28. The number of aliphatic hydroxyl groups excluding tert-OH is 1. The monoisotopic (exact) mass is 451 g/mol. The van der Waals surface area contributed by atoms with Crippen LogP contribution in [0.25, 0.3) is 5.76 Å². The molecule has 1 N–H and O–H groups in total. The minimum Gasteiger partial charge on any atom is -0.507 e. The van der Waals surface area contributed by atoms with Gasteiger partial charge in [0.15, 0.2) is 0 Å². The fourth-order valence-corrected chi connectivity index (χ4v) is 4.01. The Bertz CT molecular complexity index is 1030. The van der Waals surface area contributed by atoms with Gasteiger partial charge >= 0.3 is 0 Å². The molecule has 2 aromatic carbocycles. The van der Waals surface area contributed by atoms with E-state index in [1.807, 2.05) is 18.2 Å². The summed E-state index contributed by atoms with van der Waals surface area (Å²) in [5.41, 5.74) is 1.18. The molecular weight excluding hydrogens is 418 g/mol. The molecule has 6 heteroatoms. The van der Waals surface area contributed by atoms with Crippen molar-refractivity contribution in [1.82, 2.24) is 4.90 Å². The van der Waals surface area contributed by atoms with Crippen LogP contribution >= 0.6 is 0 Å². The molecule has 176 valence electrons. The van der Waals surface area contributed by atoms with Crippen LogP contribution in [0, 0.1) is 5.92 Å². The molecule has 0 saturated carbocycles. The maximum atomic E-state index is 13.2. The molecule has 1 unspecified atom stereocenters. The summed E-state index contributed by atoms with van der Waals surface area (Å²) in [4.78, 5) is 27.8. The van der Waals surface area contributed by atoms with Gasteiger partial charge in [-0.3, -0.25) is 9.59 Å². The van der Waals surface area contributed by atoms with Gasteiger partial charge in [-0.05, 0) is 30.5 Å². The van der Waals surface area contributed by atoms with Gasteiger partial charge in [-0.25, -0.2) is 0 Å². The van der Waals surface area contributed by atoms with Crippen LogP contribution in [-0.4, -0.2) is 42.0 Å². The van der Waals surface area contributed by atoms with E-state index < -0.39 is 17.7 Å². The Labute approximate surface area is 195 Å². The second kappa shape index (κ2) is 11.0. The quantitative estimate of drug-likeness (QED) is 0.228. The zero-order valence-electron chi connectivity index (χ0n) is 19.8. The van der Waals surface area contributed by atoms with Gasteiger partial charge < -0.3 is 19.5 Å². The van der Waals surface area contributed by atoms with E-state index in [0.29, 0.717) is 41.7 Å². The van der Waals surface area contributed by atoms with Crippen molar-refractivity contribution in [1.29, 1.82) is 0 Å². The van der Waals surface area contributed by atoms with Gasteiger partial charge in [0.05, 0.1) is 25.3 Å². The number of rotatable bonds is 10. The molecule has 0 aliphatic carbocycles. The molecule has 33 heavy (non-hydrogen) atoms. The SMILES string of the molecule is CCCCCN1C(=O)C(=O)/C(=C(\O)c2cccc(OCC(C)C)c2)C1c1ccccc1OC. The summed E-state index contributed by atoms with van der Waals surface area (Å²) in [6, 6.07) is 13.5. The number of amides is 1. The van der Waals surface area contributed by atoms with Crippen LogP contribution in [0.4, 0.5) is 0 Å². The molecule has 1 fully saturated rings. The lowest BCUT2D eigenvalue weighted by Gasteiger charge is -2.26. The molecule has 0 bridgehead atoms. The Morgan fingerprint density at radius 3 is 2.55 bits per heavy atom. The van der Waals surface area contributed by atoms with Gasteiger partial charge in [0.2, 0.25) is 0 Å². The molecule has 3 rings (SSSR count). The first kappa shape index (κ1) is 24.4. The second-order valence-corrected chi connectivity index (χ2v) is 8.67. The largest absolute Gasteiger partial charge is 0.507 e. The Morgan fingerprint density at radius 2 is 1.85 bits per heavy atom. The summed E-state index contributed by atoms with van der Waals surface area (Å²) in [6.07, 6.45) is 2.71. The van der Waals surface area contributed by atoms with Crippen LogP contribution < -0.4 is 9.47 Å². The van der Waals surface area contributed by atoms with E-state index in [9.17, 15) is 14.7 Å². The predicted octanol–water partition coefficient (Wildman–Crippen LogP) is 5.34. The molecular formula is C27H33NO5. The number of benzene rings is 2. The van der Waals surface area contributed by atoms with Gasteiger partial charge in [-0.15, -0.1) is 0 Å². The number of carbonyl (C=O) groups is 2. The van der Waals surface area contributed by atoms with Gasteiger partial charge in [0, 0.05) is 17.7 Å². The Morgan fingerprint density at radius 1 is 1.09 bits per heavy atom. The molecule has 1 atom stereocenters. The maximum absolute atomic E-state index is 13.2. The number of Topliss-reactive ketones (excluding diaryl/α,β-unsaturated/α-hetero) is 1. The molecule has 1 saturated heterocycles. The maximum Gasteiger partial charge on any atom is 0.295 e. The van der Waals surface area contributed by atoms with Crippen molar-refractivity contribution < 1.29 is 24.2 Å². The van der Waals surface area contributed by atoms with Crippen LogP contribution in [0.3, 0.4) is 0 Å². The first-order chi connectivity index (χ1) is 15.9. The van der Waals surface area contributed by atoms with Crippen LogP contribution in [0.2, 0.25) is 0 Å². The summed E-state index contributed by atoms with van der Waals surface area (Å²) < 4.78 is 11.3. The molecule has 1 aliphatic heterocycles. The number of para-hydroxylation sites is 1. The van der Waals surface area contributed by atoms with Gasteiger partial charge in [-0.1, -0.05) is 63.9 Å². The Balaban J connectivity index is 2.10. The normalized spacial score (nSPS) is 17.6. The summed E-state index contributed by atoms with van der Waals surface area (Å²) >= 11 is 0. The standard InChI is InChI=1S/C27H33NO5/c1-5-6-9-15-28-24(21-13-7-8-14-22(21)32-4)23(26(30)27(28)31)25(29)19-11-10-12-20(16-19)33-17-18(2)3/h7-8,10-14,16,18,24,29H,5-6,9,15,17H2,1-4H3/b25-23-. The van der Waals surface area contributed by atoms with E-state index in [-0.39, 0.29) is 11.3 Å². The van der Waals surface area contributed by atoms with E-state index in [2.05, 4.69) is 20.8 Å². The van der Waals surface area contributed by atoms with Crippen LogP contribution in [0.15, 0.2) is 54.1 Å². The number of carbonyl (C=O) groups excluding carboxylic acids is 2. The van der Waals surface area contributed by atoms with Crippen molar-refractivity contribution in [3.63, 3.8) is 0 Å². The van der Waals surface area contributed by atoms with Gasteiger partial charge in [0.1, 0.15) is 17.3 Å². The van der Waals surface area contributed by atoms with Crippen molar-refractivity contribution in [2.45, 2.75) is 46.1 Å². The highest BCUT2D eigenvalue weighted by Crippen LogP contribution is 2.43. The molecule has 1 aliphatic rings. The zero-order chi connectivity index (χ0) is 24.0. The number of ketones is 1. The van der Waals surface area contributed by atoms with E-state index in [4.69, 9.17) is 9.47 Å². The fourth-order valence-electron chi connectivity index (χ4n) is 4.01. The van der Waals surface area contributed by atoms with Crippen LogP contribution in [-0.2, 0) is 9.59 Å². The number of nitrogens with zero attached hydrogens (tertiary/aromatic N) is 1. The van der Waals surface area contributed by atoms with Crippen LogP contribution in [0.1, 0.15) is 57.2 Å². The Kier molecular flexibility index (Phi) is 8.15. The number of aliphatic hydroxyl groups is 1. The third-order valence-corrected chi connectivity index (χ3v) is 5.67. The fraction of sp³-hybridized carbons (Fsp3) is 0.407. The summed E-state index contributed by atoms with van der Waals surface area (Å²) in [7, 11) is 1.55. The average molecular weight is 452 g/mol. The average Bonchev–Trinajstić information content (AvgIpc) is 3.07. The third kappa shape index (κ3) is 5.38. The highest BCUT2D eigenvalue weighted by molar-refractivity contribution is 6.46. The van der Waals surface area contributed by atoms with Gasteiger partial charge in [-0.2, -0.15) is 0 Å². The molecule has 0 spiro atoms. The van der Waals surface area contributed by atoms with Crippen molar-refractivity contribution in [3.8, 4) is 11.5 Å². The molecule has 0 radical (unpaired) electrons. The number of unbranched alkanes of at least 4 members (excludes halogenated alkanes) is 2. The number of ether oxygens (including phenoxy) is 2. The van der Waals surface area contributed by atoms with Crippen molar-refractivity contribution >= 4 is 17.4 Å². The smallest absolute Gasteiger partial charge is 0.295 e. The lowest BCUT2D eigenvalue weighted by atomic mass is 9.94. The summed E-state index contributed by atoms with van der Waals surface area (Å²) in [5, 5.41) is 11.3. The zero-order valence-corrected chi connectivity index (χ0v) is 19.8. The highest BCUT2D eigenvalue weighted by Gasteiger charge is 2.46. The topological polar surface area (TPSA) is 76.1 Å². The predicted molar refractivity (Wildman–Crippen MR) is 128 cm³/mol. The number of hydrogen-bond acceptors (Lipinski definition) is 5. The van der Waals surface area contributed by atoms with Crippen molar-refractivity contribution in [3.05, 3.63) is 65.2 Å². The summed E-state index contributed by atoms with van der Waals surface area (Å²) in [5.74, 6) is 0.00578. The lowest BCUT2D eigenvalue weighted by molar-refractivity contribution is -0.139. The van der Waals surface area contributed by atoms with E-state index >= 15 is 0 Å². The molecule has 6 nitrogen and oxygen atoms in total. The number of methoxy groups -OCH3 is 1. The minimum absolute atomic E-state index is 0.0713. The molecule has 1 heterocycles. The first-order valence-corrected chi connectivity index (χ1v) is 11.5. The second-order valence-electron chi connectivity index (χ2n) is 8.67. The van der Waals surface area contributed by atoms with Crippen LogP contribution in [0.5, 0.6) is 11.5 Å². The van der Waals surface area contributed by atoms with Crippen molar-refractivity contribution in [2.24, 2.45) is 5.92 Å². The minimum atomic E-state index is -0.724. The number of hydrogen-bond donors (Lipinski definition) is 1. The third-order valence-electron chi connectivity index (χ3n) is 5.67. The van der Waals surface area contributed by atoms with E-state index in [0.717, 1.165) is 19.3 Å². The molecule has 1 amide bonds. The van der Waals surface area contributed by atoms with E-state index in [1.165, 1.54) is 0 Å². The molecule has 0 aromatic heterocycles. The first-order valence-electron chi connectivity index (χ1n) is 11.5. The van der Waals surface area contributed by atoms with E-state index in [1.54, 1.807) is 42.3 Å². The van der Waals surface area contributed by atoms with Crippen molar-refractivity contribution in [2.75, 3.05) is 20.3 Å². The summed E-state index contributed by atoms with van der Waals surface area (Å²) in [6.45, 7) is 7.15. The lowest BCUT2D eigenvalue weighted by Crippen LogP contribution is -2.30. The number of likely N-dealkylation sites (tertiary alicyclic amines) is 1. The van der Waals surface area contributed by atoms with Gasteiger partial charge in [0.25, 0.3) is 11.7 Å².